The Hall–Kier alpha value is -2.48. The van der Waals surface area contributed by atoms with Gasteiger partial charge in [0.2, 0.25) is 11.4 Å². The fraction of sp³-hybridized carbons (Fsp3) is 0.360. The molecule has 0 amide bonds. The predicted molar refractivity (Wildman–Crippen MR) is 112 cm³/mol. The van der Waals surface area contributed by atoms with E-state index < -0.39 is 0 Å². The summed E-state index contributed by atoms with van der Waals surface area (Å²) in [5, 5.41) is 0. The van der Waals surface area contributed by atoms with Crippen molar-refractivity contribution in [2.45, 2.75) is 47.5 Å². The molecule has 0 saturated carbocycles. The average Bonchev–Trinajstić information content (AvgIpc) is 2.99. The van der Waals surface area contributed by atoms with Crippen LogP contribution in [0.15, 0.2) is 36.5 Å². The van der Waals surface area contributed by atoms with E-state index in [2.05, 4.69) is 82.8 Å². The normalized spacial score (nSPS) is 12.4. The van der Waals surface area contributed by atoms with E-state index in [1.165, 1.54) is 50.3 Å². The van der Waals surface area contributed by atoms with Gasteiger partial charge in [0.1, 0.15) is 18.9 Å². The predicted octanol–water partition coefficient (Wildman–Crippen LogP) is 5.27. The van der Waals surface area contributed by atoms with E-state index in [1.807, 2.05) is 0 Å². The maximum Gasteiger partial charge on any atom is 0.231 e. The smallest absolute Gasteiger partial charge is 0.231 e. The fourth-order valence-corrected chi connectivity index (χ4v) is 4.44. The molecule has 0 atom stereocenters. The maximum atomic E-state index is 4.94. The lowest BCUT2D eigenvalue weighted by atomic mass is 9.95. The van der Waals surface area contributed by atoms with Crippen LogP contribution in [-0.4, -0.2) is 4.98 Å². The summed E-state index contributed by atoms with van der Waals surface area (Å²) in [6, 6.07) is 11.3. The van der Waals surface area contributed by atoms with Crippen molar-refractivity contribution in [3.05, 3.63) is 70.0 Å². The number of hydrogen-bond acceptors (Lipinski definition) is 1. The first-order valence-electron chi connectivity index (χ1n) is 9.94. The van der Waals surface area contributed by atoms with Gasteiger partial charge in [0.25, 0.3) is 0 Å². The van der Waals surface area contributed by atoms with E-state index in [4.69, 9.17) is 4.98 Å². The zero-order chi connectivity index (χ0) is 19.3. The molecule has 0 spiro atoms. The zero-order valence-electron chi connectivity index (χ0n) is 17.4. The lowest BCUT2D eigenvalue weighted by Gasteiger charge is -2.10. The molecule has 0 unspecified atom stereocenters. The van der Waals surface area contributed by atoms with Gasteiger partial charge in [-0.05, 0) is 61.4 Å². The highest BCUT2D eigenvalue weighted by Crippen LogP contribution is 2.37. The first-order valence-corrected chi connectivity index (χ1v) is 9.94. The SMILES string of the molecule is Cc1cc(C)c(C)c(-c2cnc3c([n+]2C)Cc2c(CC(C)C)cccc2-3)c1. The van der Waals surface area contributed by atoms with E-state index in [0.717, 1.165) is 18.5 Å². The molecular weight excluding hydrogens is 328 g/mol. The summed E-state index contributed by atoms with van der Waals surface area (Å²) in [5.74, 6) is 0.662. The third kappa shape index (κ3) is 2.97. The van der Waals surface area contributed by atoms with Crippen LogP contribution in [0.3, 0.4) is 0 Å². The van der Waals surface area contributed by atoms with E-state index in [9.17, 15) is 0 Å². The van der Waals surface area contributed by atoms with Crippen molar-refractivity contribution < 1.29 is 4.57 Å². The van der Waals surface area contributed by atoms with Gasteiger partial charge in [-0.1, -0.05) is 43.7 Å². The first-order chi connectivity index (χ1) is 12.9. The Morgan fingerprint density at radius 2 is 1.85 bits per heavy atom. The van der Waals surface area contributed by atoms with Gasteiger partial charge in [0, 0.05) is 5.56 Å². The van der Waals surface area contributed by atoms with Gasteiger partial charge in [-0.2, -0.15) is 4.57 Å². The molecule has 0 bridgehead atoms. The number of aryl methyl sites for hydroxylation is 2. The average molecular weight is 358 g/mol. The van der Waals surface area contributed by atoms with Crippen molar-refractivity contribution in [1.82, 2.24) is 4.98 Å². The number of hydrogen-bond donors (Lipinski definition) is 0. The van der Waals surface area contributed by atoms with Gasteiger partial charge in [-0.3, -0.25) is 0 Å². The molecule has 1 aliphatic rings. The van der Waals surface area contributed by atoms with Crippen molar-refractivity contribution in [3.8, 4) is 22.5 Å². The number of rotatable bonds is 3. The summed E-state index contributed by atoms with van der Waals surface area (Å²) < 4.78 is 2.36. The molecule has 2 heteroatoms. The standard InChI is InChI=1S/C25H29N2/c1-15(2)10-19-8-7-9-20-22(19)13-23-25(20)26-14-24(27(23)6)21-12-16(3)11-17(4)18(21)5/h7-9,11-12,14-15H,10,13H2,1-6H3/q+1. The lowest BCUT2D eigenvalue weighted by molar-refractivity contribution is -0.667. The summed E-state index contributed by atoms with van der Waals surface area (Å²) in [5.41, 5.74) is 13.2. The molecule has 138 valence electrons. The Kier molecular flexibility index (Phi) is 4.38. The van der Waals surface area contributed by atoms with Gasteiger partial charge < -0.3 is 0 Å². The molecule has 0 aliphatic heterocycles. The molecule has 0 N–H and O–H groups in total. The van der Waals surface area contributed by atoms with E-state index >= 15 is 0 Å². The summed E-state index contributed by atoms with van der Waals surface area (Å²) in [7, 11) is 2.20. The highest BCUT2D eigenvalue weighted by Gasteiger charge is 2.31. The largest absolute Gasteiger partial charge is 0.243 e. The molecule has 0 fully saturated rings. The molecule has 3 aromatic rings. The Labute approximate surface area is 162 Å². The van der Waals surface area contributed by atoms with Crippen LogP contribution in [0.2, 0.25) is 0 Å². The van der Waals surface area contributed by atoms with Crippen molar-refractivity contribution in [1.29, 1.82) is 0 Å². The minimum atomic E-state index is 0.662. The minimum absolute atomic E-state index is 0.662. The zero-order valence-corrected chi connectivity index (χ0v) is 17.4. The van der Waals surface area contributed by atoms with Crippen LogP contribution in [0, 0.1) is 26.7 Å². The summed E-state index contributed by atoms with van der Waals surface area (Å²) >= 11 is 0. The number of aromatic nitrogens is 2. The molecule has 1 heterocycles. The first kappa shape index (κ1) is 17.9. The highest BCUT2D eigenvalue weighted by molar-refractivity contribution is 5.74. The Balaban J connectivity index is 1.86. The molecule has 4 rings (SSSR count). The van der Waals surface area contributed by atoms with E-state index in [0.29, 0.717) is 5.92 Å². The topological polar surface area (TPSA) is 16.8 Å². The second-order valence-corrected chi connectivity index (χ2v) is 8.47. The second kappa shape index (κ2) is 6.60. The highest BCUT2D eigenvalue weighted by atomic mass is 15.0. The Morgan fingerprint density at radius 1 is 1.07 bits per heavy atom. The quantitative estimate of drug-likeness (QED) is 0.457. The third-order valence-corrected chi connectivity index (χ3v) is 5.94. The fourth-order valence-electron chi connectivity index (χ4n) is 4.44. The summed E-state index contributed by atoms with van der Waals surface area (Å²) in [6.45, 7) is 11.2. The number of fused-ring (bicyclic) bond motifs is 3. The lowest BCUT2D eigenvalue weighted by Crippen LogP contribution is -2.36. The molecule has 2 nitrogen and oxygen atoms in total. The molecule has 0 saturated heterocycles. The molecule has 1 aromatic heterocycles. The van der Waals surface area contributed by atoms with Gasteiger partial charge in [0.15, 0.2) is 0 Å². The van der Waals surface area contributed by atoms with Gasteiger partial charge in [-0.15, -0.1) is 0 Å². The second-order valence-electron chi connectivity index (χ2n) is 8.47. The van der Waals surface area contributed by atoms with Crippen LogP contribution in [0.1, 0.15) is 47.4 Å². The van der Waals surface area contributed by atoms with Crippen molar-refractivity contribution in [3.63, 3.8) is 0 Å². The molecule has 1 aliphatic carbocycles. The monoisotopic (exact) mass is 357 g/mol. The molecular formula is C25H29N2+. The van der Waals surface area contributed by atoms with Gasteiger partial charge >= 0.3 is 0 Å². The summed E-state index contributed by atoms with van der Waals surface area (Å²) in [4.78, 5) is 4.94. The van der Waals surface area contributed by atoms with Crippen molar-refractivity contribution >= 4 is 0 Å². The van der Waals surface area contributed by atoms with E-state index in [-0.39, 0.29) is 0 Å². The molecule has 2 aromatic carbocycles. The van der Waals surface area contributed by atoms with Crippen molar-refractivity contribution in [2.24, 2.45) is 13.0 Å². The number of nitrogens with zero attached hydrogens (tertiary/aromatic N) is 2. The Morgan fingerprint density at radius 3 is 2.59 bits per heavy atom. The molecule has 27 heavy (non-hydrogen) atoms. The number of benzene rings is 2. The third-order valence-electron chi connectivity index (χ3n) is 5.94. The van der Waals surface area contributed by atoms with Gasteiger partial charge in [0.05, 0.1) is 12.0 Å². The van der Waals surface area contributed by atoms with Crippen LogP contribution < -0.4 is 4.57 Å². The summed E-state index contributed by atoms with van der Waals surface area (Å²) in [6.07, 6.45) is 4.17. The van der Waals surface area contributed by atoms with Crippen LogP contribution >= 0.6 is 0 Å². The van der Waals surface area contributed by atoms with Gasteiger partial charge in [-0.25, -0.2) is 4.98 Å². The van der Waals surface area contributed by atoms with Crippen LogP contribution in [0.25, 0.3) is 22.5 Å². The maximum absolute atomic E-state index is 4.94. The minimum Gasteiger partial charge on any atom is -0.243 e. The van der Waals surface area contributed by atoms with Crippen LogP contribution in [-0.2, 0) is 19.9 Å². The van der Waals surface area contributed by atoms with Crippen LogP contribution in [0.5, 0.6) is 0 Å². The van der Waals surface area contributed by atoms with E-state index in [1.54, 1.807) is 0 Å². The molecule has 0 radical (unpaired) electrons. The van der Waals surface area contributed by atoms with Crippen molar-refractivity contribution in [2.75, 3.05) is 0 Å². The van der Waals surface area contributed by atoms with Crippen LogP contribution in [0.4, 0.5) is 0 Å². The Bertz CT molecular complexity index is 1040.